The largest absolute Gasteiger partial charge is 0.416 e. The van der Waals surface area contributed by atoms with Gasteiger partial charge in [0.25, 0.3) is 0 Å². The van der Waals surface area contributed by atoms with E-state index in [4.69, 9.17) is 5.73 Å². The SMILES string of the molecule is C#C.CS(=O)(=O)c1cc(N)cc(C(F)(F)F)c1. The third kappa shape index (κ3) is 4.36. The van der Waals surface area contributed by atoms with E-state index in [1.54, 1.807) is 0 Å². The van der Waals surface area contributed by atoms with Gasteiger partial charge in [0, 0.05) is 11.9 Å². The van der Waals surface area contributed by atoms with Gasteiger partial charge in [-0.1, -0.05) is 0 Å². The van der Waals surface area contributed by atoms with Crippen LogP contribution in [0.4, 0.5) is 18.9 Å². The molecule has 94 valence electrons. The van der Waals surface area contributed by atoms with Crippen LogP contribution in [-0.2, 0) is 16.0 Å². The zero-order valence-corrected chi connectivity index (χ0v) is 9.64. The molecule has 17 heavy (non-hydrogen) atoms. The van der Waals surface area contributed by atoms with Crippen molar-refractivity contribution >= 4 is 15.5 Å². The van der Waals surface area contributed by atoms with Crippen LogP contribution < -0.4 is 5.73 Å². The van der Waals surface area contributed by atoms with Crippen molar-refractivity contribution in [3.8, 4) is 12.8 Å². The number of nitrogen functional groups attached to an aromatic ring is 1. The molecule has 0 aliphatic heterocycles. The normalized spacial score (nSPS) is 11.4. The zero-order valence-electron chi connectivity index (χ0n) is 8.82. The van der Waals surface area contributed by atoms with Gasteiger partial charge in [-0.3, -0.25) is 0 Å². The molecule has 0 aliphatic rings. The third-order valence-electron chi connectivity index (χ3n) is 1.68. The molecule has 0 saturated heterocycles. The van der Waals surface area contributed by atoms with E-state index in [0.717, 1.165) is 12.3 Å². The maximum Gasteiger partial charge on any atom is 0.416 e. The van der Waals surface area contributed by atoms with E-state index >= 15 is 0 Å². The molecule has 0 unspecified atom stereocenters. The second-order valence-corrected chi connectivity index (χ2v) is 5.08. The summed E-state index contributed by atoms with van der Waals surface area (Å²) in [5.74, 6) is 0. The van der Waals surface area contributed by atoms with Gasteiger partial charge < -0.3 is 5.73 Å². The zero-order chi connectivity index (χ0) is 13.9. The van der Waals surface area contributed by atoms with Crippen molar-refractivity contribution in [2.45, 2.75) is 11.1 Å². The van der Waals surface area contributed by atoms with Crippen LogP contribution in [0.15, 0.2) is 23.1 Å². The summed E-state index contributed by atoms with van der Waals surface area (Å²) in [7, 11) is -3.69. The molecule has 0 aliphatic carbocycles. The minimum absolute atomic E-state index is 0.231. The van der Waals surface area contributed by atoms with Gasteiger partial charge >= 0.3 is 6.18 Å². The van der Waals surface area contributed by atoms with Gasteiger partial charge in [-0.25, -0.2) is 8.42 Å². The van der Waals surface area contributed by atoms with Crippen molar-refractivity contribution in [1.82, 2.24) is 0 Å². The maximum atomic E-state index is 12.3. The average Bonchev–Trinajstić information content (AvgIpc) is 2.17. The molecule has 0 heterocycles. The van der Waals surface area contributed by atoms with Crippen LogP contribution in [-0.4, -0.2) is 14.7 Å². The predicted octanol–water partition coefficient (Wildman–Crippen LogP) is 1.94. The number of benzene rings is 1. The first-order valence-corrected chi connectivity index (χ1v) is 6.01. The summed E-state index contributed by atoms with van der Waals surface area (Å²) in [6.45, 7) is 0. The van der Waals surface area contributed by atoms with E-state index in [0.29, 0.717) is 12.1 Å². The monoisotopic (exact) mass is 265 g/mol. The Kier molecular flexibility index (Phi) is 4.60. The Hall–Kier alpha value is -1.68. The van der Waals surface area contributed by atoms with Crippen LogP contribution in [0.1, 0.15) is 5.56 Å². The van der Waals surface area contributed by atoms with Crippen molar-refractivity contribution in [3.05, 3.63) is 23.8 Å². The molecule has 1 aromatic rings. The van der Waals surface area contributed by atoms with E-state index in [-0.39, 0.29) is 5.69 Å². The Bertz CT molecular complexity index is 518. The molecule has 0 fully saturated rings. The van der Waals surface area contributed by atoms with Crippen molar-refractivity contribution < 1.29 is 21.6 Å². The second-order valence-electron chi connectivity index (χ2n) is 3.06. The Morgan fingerprint density at radius 3 is 2.00 bits per heavy atom. The quantitative estimate of drug-likeness (QED) is 0.623. The van der Waals surface area contributed by atoms with E-state index < -0.39 is 26.5 Å². The van der Waals surface area contributed by atoms with Crippen LogP contribution in [0.25, 0.3) is 0 Å². The molecule has 7 heteroatoms. The van der Waals surface area contributed by atoms with Gasteiger partial charge in [0.15, 0.2) is 9.84 Å². The van der Waals surface area contributed by atoms with Gasteiger partial charge in [0.1, 0.15) is 0 Å². The molecule has 0 aromatic heterocycles. The first-order chi connectivity index (χ1) is 7.60. The molecule has 1 rings (SSSR count). The Morgan fingerprint density at radius 2 is 1.65 bits per heavy atom. The van der Waals surface area contributed by atoms with Crippen LogP contribution in [0, 0.1) is 12.8 Å². The minimum Gasteiger partial charge on any atom is -0.399 e. The van der Waals surface area contributed by atoms with Gasteiger partial charge in [0.05, 0.1) is 10.5 Å². The standard InChI is InChI=1S/C8H8F3NO2S.C2H2/c1-15(13,14)7-3-5(8(9,10)11)2-6(12)4-7;1-2/h2-4H,12H2,1H3;1-2H. The summed E-state index contributed by atoms with van der Waals surface area (Å²) in [5.41, 5.74) is 3.89. The predicted molar refractivity (Wildman–Crippen MR) is 58.9 cm³/mol. The smallest absolute Gasteiger partial charge is 0.399 e. The number of hydrogen-bond acceptors (Lipinski definition) is 3. The summed E-state index contributed by atoms with van der Waals surface area (Å²) in [6, 6.07) is 2.24. The number of anilines is 1. The fourth-order valence-corrected chi connectivity index (χ4v) is 1.69. The first-order valence-electron chi connectivity index (χ1n) is 4.12. The van der Waals surface area contributed by atoms with Crippen molar-refractivity contribution in [3.63, 3.8) is 0 Å². The highest BCUT2D eigenvalue weighted by Crippen LogP contribution is 2.32. The molecule has 0 radical (unpaired) electrons. The van der Waals surface area contributed by atoms with Gasteiger partial charge in [-0.2, -0.15) is 13.2 Å². The lowest BCUT2D eigenvalue weighted by atomic mass is 10.2. The number of nitrogens with two attached hydrogens (primary N) is 1. The molecule has 0 atom stereocenters. The molecule has 0 saturated carbocycles. The van der Waals surface area contributed by atoms with Crippen LogP contribution in [0.5, 0.6) is 0 Å². The van der Waals surface area contributed by atoms with Gasteiger partial charge in [-0.15, -0.1) is 12.8 Å². The summed E-state index contributed by atoms with van der Waals surface area (Å²) >= 11 is 0. The third-order valence-corrected chi connectivity index (χ3v) is 2.78. The Labute approximate surface area is 97.4 Å². The molecule has 0 bridgehead atoms. The van der Waals surface area contributed by atoms with Crippen molar-refractivity contribution in [1.29, 1.82) is 0 Å². The first kappa shape index (κ1) is 15.3. The van der Waals surface area contributed by atoms with Crippen molar-refractivity contribution in [2.24, 2.45) is 0 Å². The van der Waals surface area contributed by atoms with E-state index in [9.17, 15) is 21.6 Å². The second kappa shape index (κ2) is 5.10. The number of rotatable bonds is 1. The van der Waals surface area contributed by atoms with Gasteiger partial charge in [-0.05, 0) is 18.2 Å². The summed E-state index contributed by atoms with van der Waals surface area (Å²) in [6.07, 6.45) is 4.22. The lowest BCUT2D eigenvalue weighted by molar-refractivity contribution is -0.137. The van der Waals surface area contributed by atoms with Crippen molar-refractivity contribution in [2.75, 3.05) is 12.0 Å². The van der Waals surface area contributed by atoms with Crippen LogP contribution in [0.3, 0.4) is 0 Å². The average molecular weight is 265 g/mol. The number of sulfone groups is 1. The molecule has 0 spiro atoms. The molecule has 0 amide bonds. The number of alkyl halides is 3. The number of hydrogen-bond donors (Lipinski definition) is 1. The molecule has 1 aromatic carbocycles. The van der Waals surface area contributed by atoms with Gasteiger partial charge in [0.2, 0.25) is 0 Å². The number of terminal acetylenes is 1. The highest BCUT2D eigenvalue weighted by atomic mass is 32.2. The lowest BCUT2D eigenvalue weighted by Crippen LogP contribution is -2.08. The van der Waals surface area contributed by atoms with Crippen LogP contribution >= 0.6 is 0 Å². The number of halogens is 3. The minimum atomic E-state index is -4.60. The highest BCUT2D eigenvalue weighted by Gasteiger charge is 2.31. The Morgan fingerprint density at radius 1 is 1.18 bits per heavy atom. The summed E-state index contributed by atoms with van der Waals surface area (Å²) in [5, 5.41) is 0. The topological polar surface area (TPSA) is 60.2 Å². The fraction of sp³-hybridized carbons (Fsp3) is 0.200. The molecule has 2 N–H and O–H groups in total. The van der Waals surface area contributed by atoms with E-state index in [1.807, 2.05) is 0 Å². The Balaban J connectivity index is 0.00000121. The molecular formula is C10H10F3NO2S. The maximum absolute atomic E-state index is 12.3. The summed E-state index contributed by atoms with van der Waals surface area (Å²) in [4.78, 5) is -0.435. The van der Waals surface area contributed by atoms with Crippen LogP contribution in [0.2, 0.25) is 0 Å². The summed E-state index contributed by atoms with van der Waals surface area (Å²) < 4.78 is 58.9. The molecular weight excluding hydrogens is 255 g/mol. The fourth-order valence-electron chi connectivity index (χ4n) is 1.000. The highest BCUT2D eigenvalue weighted by molar-refractivity contribution is 7.90. The van der Waals surface area contributed by atoms with E-state index in [2.05, 4.69) is 12.8 Å². The lowest BCUT2D eigenvalue weighted by Gasteiger charge is -2.09. The van der Waals surface area contributed by atoms with E-state index in [1.165, 1.54) is 0 Å². The molecule has 3 nitrogen and oxygen atoms in total.